The number of hydrogen-bond acceptors (Lipinski definition) is 2. The van der Waals surface area contributed by atoms with Gasteiger partial charge in [0.15, 0.2) is 0 Å². The van der Waals surface area contributed by atoms with Gasteiger partial charge in [-0.1, -0.05) is 12.1 Å². The fourth-order valence-corrected chi connectivity index (χ4v) is 1.44. The van der Waals surface area contributed by atoms with E-state index in [-0.39, 0.29) is 0 Å². The van der Waals surface area contributed by atoms with Gasteiger partial charge in [-0.25, -0.2) is 0 Å². The Morgan fingerprint density at radius 3 is 2.79 bits per heavy atom. The van der Waals surface area contributed by atoms with Gasteiger partial charge in [-0.15, -0.1) is 0 Å². The lowest BCUT2D eigenvalue weighted by molar-refractivity contribution is 0.112. The first-order chi connectivity index (χ1) is 6.81. The molecule has 2 aromatic rings. The molecule has 0 spiro atoms. The Morgan fingerprint density at radius 1 is 1.29 bits per heavy atom. The minimum absolute atomic E-state index is 0.687. The van der Waals surface area contributed by atoms with E-state index < -0.39 is 0 Å². The highest BCUT2D eigenvalue weighted by Crippen LogP contribution is 2.24. The summed E-state index contributed by atoms with van der Waals surface area (Å²) >= 11 is 0. The summed E-state index contributed by atoms with van der Waals surface area (Å²) in [7, 11) is 0. The summed E-state index contributed by atoms with van der Waals surface area (Å²) in [5, 5.41) is 0. The summed E-state index contributed by atoms with van der Waals surface area (Å²) in [6, 6.07) is 7.50. The summed E-state index contributed by atoms with van der Waals surface area (Å²) < 4.78 is 5.01. The molecule has 0 atom stereocenters. The van der Waals surface area contributed by atoms with Gasteiger partial charge in [-0.05, 0) is 30.2 Å². The number of furan rings is 1. The van der Waals surface area contributed by atoms with E-state index >= 15 is 0 Å². The lowest BCUT2D eigenvalue weighted by atomic mass is 10.0. The quantitative estimate of drug-likeness (QED) is 0.674. The third-order valence-electron chi connectivity index (χ3n) is 2.23. The molecular formula is C12H10O2. The average molecular weight is 186 g/mol. The zero-order chi connectivity index (χ0) is 9.97. The van der Waals surface area contributed by atoms with Crippen LogP contribution < -0.4 is 0 Å². The molecule has 2 heteroatoms. The summed E-state index contributed by atoms with van der Waals surface area (Å²) in [4.78, 5) is 10.6. The fourth-order valence-electron chi connectivity index (χ4n) is 1.44. The second-order valence-electron chi connectivity index (χ2n) is 3.20. The maximum Gasteiger partial charge on any atom is 0.150 e. The standard InChI is InChI=1S/C12H10O2/c1-9-2-3-10(7-13)6-12(9)11-4-5-14-8-11/h2-8H,1H3. The number of hydrogen-bond donors (Lipinski definition) is 0. The number of benzene rings is 1. The van der Waals surface area contributed by atoms with Crippen molar-refractivity contribution < 1.29 is 9.21 Å². The molecule has 2 nitrogen and oxygen atoms in total. The molecule has 0 aliphatic heterocycles. The predicted molar refractivity (Wildman–Crippen MR) is 54.3 cm³/mol. The molecule has 1 aromatic carbocycles. The van der Waals surface area contributed by atoms with Crippen LogP contribution in [0.1, 0.15) is 15.9 Å². The van der Waals surface area contributed by atoms with Crippen LogP contribution in [0.3, 0.4) is 0 Å². The van der Waals surface area contributed by atoms with E-state index in [1.54, 1.807) is 12.5 Å². The number of carbonyl (C=O) groups excluding carboxylic acids is 1. The first-order valence-electron chi connectivity index (χ1n) is 4.39. The molecule has 0 fully saturated rings. The summed E-state index contributed by atoms with van der Waals surface area (Å²) in [6.45, 7) is 2.01. The van der Waals surface area contributed by atoms with Crippen molar-refractivity contribution in [3.05, 3.63) is 47.9 Å². The van der Waals surface area contributed by atoms with Crippen LogP contribution in [-0.2, 0) is 0 Å². The van der Waals surface area contributed by atoms with Gasteiger partial charge in [0.05, 0.1) is 12.5 Å². The van der Waals surface area contributed by atoms with Crippen molar-refractivity contribution in [3.8, 4) is 11.1 Å². The predicted octanol–water partition coefficient (Wildman–Crippen LogP) is 3.07. The number of rotatable bonds is 2. The number of aldehydes is 1. The van der Waals surface area contributed by atoms with Crippen molar-refractivity contribution in [1.29, 1.82) is 0 Å². The molecule has 70 valence electrons. The molecule has 0 unspecified atom stereocenters. The van der Waals surface area contributed by atoms with Gasteiger partial charge >= 0.3 is 0 Å². The molecule has 0 aliphatic carbocycles. The summed E-state index contributed by atoms with van der Waals surface area (Å²) in [5.41, 5.74) is 3.87. The van der Waals surface area contributed by atoms with E-state index in [0.29, 0.717) is 5.56 Å². The molecule has 0 N–H and O–H groups in total. The van der Waals surface area contributed by atoms with Crippen LogP contribution in [0.4, 0.5) is 0 Å². The molecule has 0 saturated carbocycles. The zero-order valence-corrected chi connectivity index (χ0v) is 7.86. The normalized spacial score (nSPS) is 10.1. The first kappa shape index (κ1) is 8.75. The maximum absolute atomic E-state index is 10.6. The van der Waals surface area contributed by atoms with Crippen molar-refractivity contribution in [2.24, 2.45) is 0 Å². The van der Waals surface area contributed by atoms with Gasteiger partial charge < -0.3 is 4.42 Å². The molecule has 0 aliphatic rings. The van der Waals surface area contributed by atoms with Crippen LogP contribution >= 0.6 is 0 Å². The Labute approximate surface area is 82.2 Å². The van der Waals surface area contributed by atoms with Gasteiger partial charge in [0.25, 0.3) is 0 Å². The van der Waals surface area contributed by atoms with Crippen molar-refractivity contribution in [1.82, 2.24) is 0 Å². The lowest BCUT2D eigenvalue weighted by Gasteiger charge is -2.02. The Balaban J connectivity index is 2.57. The van der Waals surface area contributed by atoms with Crippen LogP contribution in [0.5, 0.6) is 0 Å². The molecule has 0 radical (unpaired) electrons. The Hall–Kier alpha value is -1.83. The first-order valence-corrected chi connectivity index (χ1v) is 4.39. The molecule has 2 rings (SSSR count). The van der Waals surface area contributed by atoms with E-state index in [2.05, 4.69) is 0 Å². The van der Waals surface area contributed by atoms with E-state index in [9.17, 15) is 4.79 Å². The summed E-state index contributed by atoms with van der Waals surface area (Å²) in [6.07, 6.45) is 4.16. The number of carbonyl (C=O) groups is 1. The van der Waals surface area contributed by atoms with Gasteiger partial charge in [0, 0.05) is 11.1 Å². The van der Waals surface area contributed by atoms with Crippen LogP contribution in [0.15, 0.2) is 41.2 Å². The van der Waals surface area contributed by atoms with Crippen LogP contribution in [0.2, 0.25) is 0 Å². The van der Waals surface area contributed by atoms with Crippen LogP contribution in [0.25, 0.3) is 11.1 Å². The van der Waals surface area contributed by atoms with E-state index in [1.165, 1.54) is 0 Å². The smallest absolute Gasteiger partial charge is 0.150 e. The molecule has 1 aromatic heterocycles. The average Bonchev–Trinajstić information content (AvgIpc) is 2.71. The highest BCUT2D eigenvalue weighted by Gasteiger charge is 2.03. The third-order valence-corrected chi connectivity index (χ3v) is 2.23. The second kappa shape index (κ2) is 3.50. The van der Waals surface area contributed by atoms with Crippen molar-refractivity contribution >= 4 is 6.29 Å². The minimum Gasteiger partial charge on any atom is -0.472 e. The summed E-state index contributed by atoms with van der Waals surface area (Å²) in [5.74, 6) is 0. The minimum atomic E-state index is 0.687. The van der Waals surface area contributed by atoms with Gasteiger partial charge in [0.2, 0.25) is 0 Å². The molecule has 1 heterocycles. The highest BCUT2D eigenvalue weighted by atomic mass is 16.3. The zero-order valence-electron chi connectivity index (χ0n) is 7.86. The van der Waals surface area contributed by atoms with E-state index in [1.807, 2.05) is 31.2 Å². The Morgan fingerprint density at radius 2 is 2.14 bits per heavy atom. The van der Waals surface area contributed by atoms with Crippen molar-refractivity contribution in [3.63, 3.8) is 0 Å². The fraction of sp³-hybridized carbons (Fsp3) is 0.0833. The maximum atomic E-state index is 10.6. The van der Waals surface area contributed by atoms with Gasteiger partial charge in [-0.2, -0.15) is 0 Å². The lowest BCUT2D eigenvalue weighted by Crippen LogP contribution is -1.85. The largest absolute Gasteiger partial charge is 0.472 e. The molecular weight excluding hydrogens is 176 g/mol. The second-order valence-corrected chi connectivity index (χ2v) is 3.20. The molecule has 0 bridgehead atoms. The SMILES string of the molecule is Cc1ccc(C=O)cc1-c1ccoc1. The van der Waals surface area contributed by atoms with Crippen molar-refractivity contribution in [2.75, 3.05) is 0 Å². The van der Waals surface area contributed by atoms with Crippen LogP contribution in [-0.4, -0.2) is 6.29 Å². The van der Waals surface area contributed by atoms with Gasteiger partial charge in [0.1, 0.15) is 6.29 Å². The van der Waals surface area contributed by atoms with Gasteiger partial charge in [-0.3, -0.25) is 4.79 Å². The topological polar surface area (TPSA) is 30.2 Å². The van der Waals surface area contributed by atoms with Crippen LogP contribution in [0, 0.1) is 6.92 Å². The Bertz CT molecular complexity index is 441. The molecule has 0 amide bonds. The highest BCUT2D eigenvalue weighted by molar-refractivity contribution is 5.79. The number of aryl methyl sites for hydroxylation is 1. The molecule has 14 heavy (non-hydrogen) atoms. The molecule has 0 saturated heterocycles. The van der Waals surface area contributed by atoms with E-state index in [0.717, 1.165) is 23.0 Å². The van der Waals surface area contributed by atoms with Crippen molar-refractivity contribution in [2.45, 2.75) is 6.92 Å². The van der Waals surface area contributed by atoms with E-state index in [4.69, 9.17) is 4.42 Å². The Kier molecular flexibility index (Phi) is 2.19. The monoisotopic (exact) mass is 186 g/mol. The third kappa shape index (κ3) is 1.46.